The van der Waals surface area contributed by atoms with Crippen LogP contribution in [-0.4, -0.2) is 12.2 Å². The lowest BCUT2D eigenvalue weighted by atomic mass is 9.95. The maximum atomic E-state index is 13.4. The predicted octanol–water partition coefficient (Wildman–Crippen LogP) is 4.43. The minimum atomic E-state index is -0.432. The Hall–Kier alpha value is -3.46. The van der Waals surface area contributed by atoms with Gasteiger partial charge in [-0.2, -0.15) is 0 Å². The molecule has 1 amide bonds. The molecule has 0 aromatic heterocycles. The average Bonchev–Trinajstić information content (AvgIpc) is 3.02. The molecule has 3 nitrogen and oxygen atoms in total. The van der Waals surface area contributed by atoms with E-state index < -0.39 is 6.04 Å². The first-order valence-corrected chi connectivity index (χ1v) is 8.49. The molecule has 0 radical (unpaired) electrons. The van der Waals surface area contributed by atoms with Crippen LogP contribution in [0.5, 0.6) is 0 Å². The first-order chi connectivity index (χ1) is 12.8. The molecular formula is C23H17NO2. The fraction of sp³-hybridized carbons (Fsp3) is 0.0435. The first kappa shape index (κ1) is 16.0. The molecule has 126 valence electrons. The molecule has 1 heterocycles. The zero-order valence-electron chi connectivity index (χ0n) is 14.1. The first-order valence-electron chi connectivity index (χ1n) is 8.49. The van der Waals surface area contributed by atoms with Crippen molar-refractivity contribution >= 4 is 23.5 Å². The molecule has 0 aliphatic carbocycles. The standard InChI is InChI=1S/C23H17NO2/c25-16-20-21(17-10-4-1-5-11-17)23(26)24(19-14-8-3-9-15-19)22(20)18-12-6-2-7-13-18/h1-16,22H/t22-/m1/s1. The Bertz CT molecular complexity index is 963. The van der Waals surface area contributed by atoms with E-state index in [9.17, 15) is 9.59 Å². The van der Waals surface area contributed by atoms with Crippen LogP contribution < -0.4 is 4.90 Å². The normalized spacial score (nSPS) is 16.8. The fourth-order valence-corrected chi connectivity index (χ4v) is 3.47. The number of carbonyl (C=O) groups is 2. The van der Waals surface area contributed by atoms with E-state index >= 15 is 0 Å². The number of carbonyl (C=O) groups excluding carboxylic acids is 2. The molecule has 0 bridgehead atoms. The van der Waals surface area contributed by atoms with Crippen molar-refractivity contribution in [3.8, 4) is 0 Å². The van der Waals surface area contributed by atoms with Crippen LogP contribution in [0.2, 0.25) is 0 Å². The summed E-state index contributed by atoms with van der Waals surface area (Å²) in [7, 11) is 0. The number of benzene rings is 3. The number of rotatable bonds is 4. The number of para-hydroxylation sites is 1. The summed E-state index contributed by atoms with van der Waals surface area (Å²) in [5.74, 6) is -0.154. The molecule has 26 heavy (non-hydrogen) atoms. The van der Waals surface area contributed by atoms with Gasteiger partial charge in [-0.15, -0.1) is 0 Å². The summed E-state index contributed by atoms with van der Waals surface area (Å²) in [6.45, 7) is 0. The van der Waals surface area contributed by atoms with E-state index in [2.05, 4.69) is 0 Å². The molecule has 1 aliphatic rings. The molecule has 0 saturated heterocycles. The van der Waals surface area contributed by atoms with E-state index in [1.165, 1.54) is 0 Å². The van der Waals surface area contributed by atoms with Crippen molar-refractivity contribution in [3.05, 3.63) is 108 Å². The molecular weight excluding hydrogens is 322 g/mol. The zero-order valence-corrected chi connectivity index (χ0v) is 14.1. The molecule has 3 aromatic carbocycles. The molecule has 0 unspecified atom stereocenters. The SMILES string of the molecule is O=CC1=C(c2ccccc2)C(=O)N(c2ccccc2)[C@@H]1c1ccccc1. The Balaban J connectivity index is 1.94. The maximum Gasteiger partial charge on any atom is 0.260 e. The van der Waals surface area contributed by atoms with Gasteiger partial charge in [0.25, 0.3) is 5.91 Å². The Morgan fingerprint density at radius 1 is 0.731 bits per heavy atom. The van der Waals surface area contributed by atoms with Gasteiger partial charge in [-0.25, -0.2) is 0 Å². The quantitative estimate of drug-likeness (QED) is 0.660. The molecule has 0 spiro atoms. The Morgan fingerprint density at radius 2 is 1.27 bits per heavy atom. The van der Waals surface area contributed by atoms with Gasteiger partial charge in [-0.05, 0) is 23.3 Å². The van der Waals surface area contributed by atoms with Crippen molar-refractivity contribution < 1.29 is 9.59 Å². The average molecular weight is 339 g/mol. The van der Waals surface area contributed by atoms with E-state index in [1.807, 2.05) is 91.0 Å². The molecule has 3 aromatic rings. The predicted molar refractivity (Wildman–Crippen MR) is 103 cm³/mol. The third kappa shape index (κ3) is 2.64. The van der Waals surface area contributed by atoms with Gasteiger partial charge in [0.05, 0.1) is 11.6 Å². The zero-order chi connectivity index (χ0) is 17.9. The maximum absolute atomic E-state index is 13.4. The van der Waals surface area contributed by atoms with Crippen molar-refractivity contribution in [2.45, 2.75) is 6.04 Å². The number of hydrogen-bond acceptors (Lipinski definition) is 2. The molecule has 3 heteroatoms. The minimum absolute atomic E-state index is 0.154. The molecule has 0 fully saturated rings. The number of hydrogen-bond donors (Lipinski definition) is 0. The second kappa shape index (κ2) is 6.81. The second-order valence-corrected chi connectivity index (χ2v) is 6.14. The van der Waals surface area contributed by atoms with E-state index in [4.69, 9.17) is 0 Å². The highest BCUT2D eigenvalue weighted by Gasteiger charge is 2.41. The highest BCUT2D eigenvalue weighted by atomic mass is 16.2. The van der Waals surface area contributed by atoms with E-state index in [-0.39, 0.29) is 5.91 Å². The van der Waals surface area contributed by atoms with Crippen LogP contribution in [0.1, 0.15) is 17.2 Å². The molecule has 0 N–H and O–H groups in total. The van der Waals surface area contributed by atoms with Gasteiger partial charge in [-0.1, -0.05) is 78.9 Å². The summed E-state index contributed by atoms with van der Waals surface area (Å²) >= 11 is 0. The fourth-order valence-electron chi connectivity index (χ4n) is 3.47. The van der Waals surface area contributed by atoms with Gasteiger partial charge >= 0.3 is 0 Å². The van der Waals surface area contributed by atoms with Crippen molar-refractivity contribution in [2.24, 2.45) is 0 Å². The number of amides is 1. The van der Waals surface area contributed by atoms with E-state index in [0.717, 1.165) is 23.1 Å². The molecule has 1 atom stereocenters. The highest BCUT2D eigenvalue weighted by molar-refractivity contribution is 6.33. The number of nitrogens with zero attached hydrogens (tertiary/aromatic N) is 1. The lowest BCUT2D eigenvalue weighted by Crippen LogP contribution is -2.30. The van der Waals surface area contributed by atoms with Crippen LogP contribution in [0.15, 0.2) is 96.6 Å². The van der Waals surface area contributed by atoms with Gasteiger partial charge < -0.3 is 0 Å². The second-order valence-electron chi connectivity index (χ2n) is 6.14. The summed E-state index contributed by atoms with van der Waals surface area (Å²) in [5.41, 5.74) is 3.42. The third-order valence-electron chi connectivity index (χ3n) is 4.61. The number of anilines is 1. The lowest BCUT2D eigenvalue weighted by Gasteiger charge is -2.26. The van der Waals surface area contributed by atoms with Crippen LogP contribution in [-0.2, 0) is 9.59 Å². The van der Waals surface area contributed by atoms with Crippen LogP contribution in [0, 0.1) is 0 Å². The molecule has 1 aliphatic heterocycles. The van der Waals surface area contributed by atoms with Crippen molar-refractivity contribution in [2.75, 3.05) is 4.90 Å². The summed E-state index contributed by atoms with van der Waals surface area (Å²) in [6.07, 6.45) is 0.820. The van der Waals surface area contributed by atoms with Gasteiger partial charge in [0, 0.05) is 11.3 Å². The van der Waals surface area contributed by atoms with Crippen molar-refractivity contribution in [1.82, 2.24) is 0 Å². The lowest BCUT2D eigenvalue weighted by molar-refractivity contribution is -0.113. The van der Waals surface area contributed by atoms with E-state index in [1.54, 1.807) is 4.90 Å². The molecule has 4 rings (SSSR count). The van der Waals surface area contributed by atoms with Crippen LogP contribution >= 0.6 is 0 Å². The van der Waals surface area contributed by atoms with Gasteiger partial charge in [0.2, 0.25) is 0 Å². The summed E-state index contributed by atoms with van der Waals surface area (Å²) in [6, 6.07) is 28.1. The summed E-state index contributed by atoms with van der Waals surface area (Å²) in [5, 5.41) is 0. The van der Waals surface area contributed by atoms with Gasteiger partial charge in [0.1, 0.15) is 6.29 Å². The summed E-state index contributed by atoms with van der Waals surface area (Å²) in [4.78, 5) is 27.1. The Kier molecular flexibility index (Phi) is 4.20. The highest BCUT2D eigenvalue weighted by Crippen LogP contribution is 2.43. The largest absolute Gasteiger partial charge is 0.298 e. The third-order valence-corrected chi connectivity index (χ3v) is 4.61. The topological polar surface area (TPSA) is 37.4 Å². The van der Waals surface area contributed by atoms with Crippen LogP contribution in [0.4, 0.5) is 5.69 Å². The van der Waals surface area contributed by atoms with Crippen LogP contribution in [0.25, 0.3) is 5.57 Å². The Labute approximate surface area is 152 Å². The van der Waals surface area contributed by atoms with Gasteiger partial charge in [0.15, 0.2) is 0 Å². The van der Waals surface area contributed by atoms with Crippen molar-refractivity contribution in [1.29, 1.82) is 0 Å². The van der Waals surface area contributed by atoms with Gasteiger partial charge in [-0.3, -0.25) is 14.5 Å². The minimum Gasteiger partial charge on any atom is -0.298 e. The smallest absolute Gasteiger partial charge is 0.260 e. The monoisotopic (exact) mass is 339 g/mol. The summed E-state index contributed by atoms with van der Waals surface area (Å²) < 4.78 is 0. The number of aldehydes is 1. The van der Waals surface area contributed by atoms with Crippen molar-refractivity contribution in [3.63, 3.8) is 0 Å². The molecule has 0 saturated carbocycles. The van der Waals surface area contributed by atoms with E-state index in [0.29, 0.717) is 11.1 Å². The van der Waals surface area contributed by atoms with Crippen LogP contribution in [0.3, 0.4) is 0 Å². The Morgan fingerprint density at radius 3 is 1.85 bits per heavy atom.